The van der Waals surface area contributed by atoms with Gasteiger partial charge in [-0.1, -0.05) is 12.0 Å². The van der Waals surface area contributed by atoms with Crippen molar-refractivity contribution in [2.45, 2.75) is 0 Å². The third-order valence-corrected chi connectivity index (χ3v) is 1.05. The van der Waals surface area contributed by atoms with E-state index >= 15 is 0 Å². The van der Waals surface area contributed by atoms with Gasteiger partial charge in [0.2, 0.25) is 0 Å². The zero-order valence-electron chi connectivity index (χ0n) is 4.96. The van der Waals surface area contributed by atoms with Crippen molar-refractivity contribution in [3.63, 3.8) is 0 Å². The van der Waals surface area contributed by atoms with Crippen molar-refractivity contribution in [3.8, 4) is 12.3 Å². The van der Waals surface area contributed by atoms with Crippen LogP contribution in [0.2, 0.25) is 0 Å². The Hall–Kier alpha value is -1.42. The molecule has 0 unspecified atom stereocenters. The Morgan fingerprint density at radius 3 is 2.67 bits per heavy atom. The van der Waals surface area contributed by atoms with Crippen LogP contribution in [0.25, 0.3) is 0 Å². The fourth-order valence-corrected chi connectivity index (χ4v) is 0.628. The fraction of sp³-hybridized carbons (Fsp3) is 0. The Morgan fingerprint density at radius 1 is 1.44 bits per heavy atom. The summed E-state index contributed by atoms with van der Waals surface area (Å²) in [7, 11) is 0. The van der Waals surface area contributed by atoms with Crippen molar-refractivity contribution in [1.82, 2.24) is 0 Å². The number of rotatable bonds is 0. The second kappa shape index (κ2) is 2.23. The molecule has 0 amide bonds. The van der Waals surface area contributed by atoms with E-state index in [1.807, 2.05) is 12.1 Å². The van der Waals surface area contributed by atoms with Crippen LogP contribution in [-0.4, -0.2) is 0 Å². The van der Waals surface area contributed by atoms with Gasteiger partial charge in [-0.3, -0.25) is 0 Å². The van der Waals surface area contributed by atoms with Crippen LogP contribution in [0, 0.1) is 12.3 Å². The molecule has 0 saturated heterocycles. The van der Waals surface area contributed by atoms with Crippen LogP contribution < -0.4 is 5.73 Å². The highest BCUT2D eigenvalue weighted by Crippen LogP contribution is 2.03. The third-order valence-electron chi connectivity index (χ3n) is 1.05. The predicted molar refractivity (Wildman–Crippen MR) is 38.8 cm³/mol. The maximum Gasteiger partial charge on any atom is 0.0326 e. The van der Waals surface area contributed by atoms with E-state index < -0.39 is 0 Å². The van der Waals surface area contributed by atoms with Gasteiger partial charge in [-0.2, -0.15) is 0 Å². The summed E-state index contributed by atoms with van der Waals surface area (Å²) in [6, 6.07) is 7.25. The summed E-state index contributed by atoms with van der Waals surface area (Å²) >= 11 is 0. The molecule has 0 radical (unpaired) electrons. The first-order valence-corrected chi connectivity index (χ1v) is 2.65. The Kier molecular flexibility index (Phi) is 1.42. The molecule has 9 heavy (non-hydrogen) atoms. The van der Waals surface area contributed by atoms with Crippen molar-refractivity contribution >= 4 is 5.69 Å². The molecule has 0 heterocycles. The van der Waals surface area contributed by atoms with Gasteiger partial charge in [0.15, 0.2) is 0 Å². The van der Waals surface area contributed by atoms with E-state index in [4.69, 9.17) is 12.2 Å². The van der Waals surface area contributed by atoms with Gasteiger partial charge in [-0.25, -0.2) is 0 Å². The monoisotopic (exact) mass is 119 g/mol. The molecular weight excluding hydrogens is 112 g/mol. The SMILES string of the molecule is [13CH]#[13C]c1cccc(N)c1. The van der Waals surface area contributed by atoms with E-state index in [0.717, 1.165) is 5.56 Å². The molecular formula is C8H7N. The second-order valence-corrected chi connectivity index (χ2v) is 1.77. The summed E-state index contributed by atoms with van der Waals surface area (Å²) in [5.74, 6) is 2.49. The van der Waals surface area contributed by atoms with Crippen LogP contribution in [0.5, 0.6) is 0 Å². The molecule has 0 aliphatic carbocycles. The summed E-state index contributed by atoms with van der Waals surface area (Å²) in [6.45, 7) is 0. The summed E-state index contributed by atoms with van der Waals surface area (Å²) in [6.07, 6.45) is 5.11. The summed E-state index contributed by atoms with van der Waals surface area (Å²) in [5.41, 5.74) is 6.98. The van der Waals surface area contributed by atoms with E-state index in [1.54, 1.807) is 12.1 Å². The molecule has 1 aromatic carbocycles. The molecule has 0 spiro atoms. The zero-order valence-corrected chi connectivity index (χ0v) is 4.96. The van der Waals surface area contributed by atoms with Crippen LogP contribution in [0.15, 0.2) is 24.3 Å². The Balaban J connectivity index is 3.12. The average Bonchev–Trinajstić information content (AvgIpc) is 1.88. The Bertz CT molecular complexity index is 245. The maximum absolute atomic E-state index is 5.44. The highest BCUT2D eigenvalue weighted by molar-refractivity contribution is 5.46. The molecule has 44 valence electrons. The predicted octanol–water partition coefficient (Wildman–Crippen LogP) is 1.25. The van der Waals surface area contributed by atoms with E-state index in [0.29, 0.717) is 5.69 Å². The lowest BCUT2D eigenvalue weighted by atomic mass is 10.3. The number of anilines is 1. The first kappa shape index (κ1) is 5.71. The molecule has 0 bridgehead atoms. The summed E-state index contributed by atoms with van der Waals surface area (Å²) < 4.78 is 0. The molecule has 0 aliphatic heterocycles. The minimum Gasteiger partial charge on any atom is -0.399 e. The van der Waals surface area contributed by atoms with E-state index in [9.17, 15) is 0 Å². The summed E-state index contributed by atoms with van der Waals surface area (Å²) in [5, 5.41) is 0. The normalized spacial score (nSPS) is 8.33. The van der Waals surface area contributed by atoms with Gasteiger partial charge in [0, 0.05) is 11.3 Å². The zero-order chi connectivity index (χ0) is 6.69. The topological polar surface area (TPSA) is 26.0 Å². The third kappa shape index (κ3) is 1.23. The summed E-state index contributed by atoms with van der Waals surface area (Å²) in [4.78, 5) is 0. The van der Waals surface area contributed by atoms with Crippen molar-refractivity contribution in [2.24, 2.45) is 0 Å². The highest BCUT2D eigenvalue weighted by Gasteiger charge is 1.84. The standard InChI is InChI=1S/C8H7N/c1-2-7-4-3-5-8(9)6-7/h1,3-6H,9H2/i1+1,2+1. The molecule has 1 nitrogen and oxygen atoms in total. The van der Waals surface area contributed by atoms with Crippen LogP contribution >= 0.6 is 0 Å². The van der Waals surface area contributed by atoms with Crippen molar-refractivity contribution in [1.29, 1.82) is 0 Å². The lowest BCUT2D eigenvalue weighted by Crippen LogP contribution is -1.83. The van der Waals surface area contributed by atoms with Gasteiger partial charge in [-0.15, -0.1) is 6.42 Å². The van der Waals surface area contributed by atoms with Gasteiger partial charge in [-0.05, 0) is 18.2 Å². The van der Waals surface area contributed by atoms with E-state index in [2.05, 4.69) is 5.92 Å². The number of hydrogen-bond donors (Lipinski definition) is 1. The van der Waals surface area contributed by atoms with Crippen molar-refractivity contribution in [2.75, 3.05) is 5.73 Å². The molecule has 1 rings (SSSR count). The number of nitrogen functional groups attached to an aromatic ring is 1. The van der Waals surface area contributed by atoms with Crippen LogP contribution in [0.3, 0.4) is 0 Å². The van der Waals surface area contributed by atoms with Crippen molar-refractivity contribution < 1.29 is 0 Å². The van der Waals surface area contributed by atoms with Crippen LogP contribution in [0.1, 0.15) is 5.56 Å². The quantitative estimate of drug-likeness (QED) is 0.310. The minimum absolute atomic E-state index is 0.713. The first-order chi connectivity index (χ1) is 4.33. The fourth-order valence-electron chi connectivity index (χ4n) is 0.628. The Morgan fingerprint density at radius 2 is 2.22 bits per heavy atom. The number of terminal acetylenes is 1. The number of hydrogen-bond acceptors (Lipinski definition) is 1. The molecule has 1 heteroatoms. The minimum atomic E-state index is 0.713. The molecule has 0 atom stereocenters. The molecule has 2 N–H and O–H groups in total. The van der Waals surface area contributed by atoms with Gasteiger partial charge in [0.05, 0.1) is 0 Å². The van der Waals surface area contributed by atoms with Gasteiger partial charge in [0.25, 0.3) is 0 Å². The molecule has 0 aromatic heterocycles. The lowest BCUT2D eigenvalue weighted by molar-refractivity contribution is 1.64. The van der Waals surface area contributed by atoms with Crippen LogP contribution in [0.4, 0.5) is 5.69 Å². The lowest BCUT2D eigenvalue weighted by Gasteiger charge is -1.90. The van der Waals surface area contributed by atoms with E-state index in [1.165, 1.54) is 0 Å². The van der Waals surface area contributed by atoms with Crippen LogP contribution in [-0.2, 0) is 0 Å². The second-order valence-electron chi connectivity index (χ2n) is 1.77. The number of nitrogens with two attached hydrogens (primary N) is 1. The largest absolute Gasteiger partial charge is 0.399 e. The Labute approximate surface area is 54.5 Å². The van der Waals surface area contributed by atoms with E-state index in [-0.39, 0.29) is 0 Å². The highest BCUT2D eigenvalue weighted by atomic mass is 14.5. The van der Waals surface area contributed by atoms with Crippen molar-refractivity contribution in [3.05, 3.63) is 29.8 Å². The number of benzene rings is 1. The molecule has 0 saturated carbocycles. The smallest absolute Gasteiger partial charge is 0.0326 e. The molecule has 0 fully saturated rings. The molecule has 0 aliphatic rings. The average molecular weight is 119 g/mol. The first-order valence-electron chi connectivity index (χ1n) is 2.65. The molecule has 1 aromatic rings. The van der Waals surface area contributed by atoms with Gasteiger partial charge >= 0.3 is 0 Å². The maximum atomic E-state index is 5.44. The van der Waals surface area contributed by atoms with Gasteiger partial charge < -0.3 is 5.73 Å². The van der Waals surface area contributed by atoms with Gasteiger partial charge in [0.1, 0.15) is 0 Å².